The number of nitrogens with zero attached hydrogens (tertiary/aromatic N) is 2. The molecular formula is C16H15N3OS2. The van der Waals surface area contributed by atoms with Crippen LogP contribution in [0.4, 0.5) is 5.13 Å². The van der Waals surface area contributed by atoms with Gasteiger partial charge in [-0.2, -0.15) is 9.36 Å². The second-order valence-electron chi connectivity index (χ2n) is 4.75. The van der Waals surface area contributed by atoms with Gasteiger partial charge in [0.05, 0.1) is 0 Å². The van der Waals surface area contributed by atoms with Crippen molar-refractivity contribution in [2.45, 2.75) is 18.5 Å². The molecule has 0 atom stereocenters. The standard InChI is InChI=1S/C16H15N3OS2/c1-2-9-21-16-18-15(22-19-16)17-14(20)13-8-7-11-5-3-4-6-12(11)10-13/h3-8,10H,2,9H2,1H3,(H,17,18,19,20). The third-order valence-electron chi connectivity index (χ3n) is 3.07. The summed E-state index contributed by atoms with van der Waals surface area (Å²) in [5.41, 5.74) is 0.622. The van der Waals surface area contributed by atoms with Crippen LogP contribution in [0.3, 0.4) is 0 Å². The average molecular weight is 329 g/mol. The van der Waals surface area contributed by atoms with E-state index in [1.165, 1.54) is 11.5 Å². The van der Waals surface area contributed by atoms with Crippen LogP contribution in [0.5, 0.6) is 0 Å². The molecule has 3 rings (SSSR count). The number of benzene rings is 2. The fraction of sp³-hybridized carbons (Fsp3) is 0.188. The van der Waals surface area contributed by atoms with E-state index in [1.807, 2.05) is 42.5 Å². The quantitative estimate of drug-likeness (QED) is 0.703. The predicted molar refractivity (Wildman–Crippen MR) is 92.8 cm³/mol. The second-order valence-corrected chi connectivity index (χ2v) is 6.56. The molecular weight excluding hydrogens is 314 g/mol. The molecule has 0 spiro atoms. The van der Waals surface area contributed by atoms with Crippen LogP contribution in [0.2, 0.25) is 0 Å². The van der Waals surface area contributed by atoms with Crippen molar-refractivity contribution >= 4 is 45.1 Å². The van der Waals surface area contributed by atoms with Crippen molar-refractivity contribution in [1.82, 2.24) is 9.36 Å². The number of aromatic nitrogens is 2. The molecule has 1 amide bonds. The first kappa shape index (κ1) is 15.0. The van der Waals surface area contributed by atoms with Crippen molar-refractivity contribution < 1.29 is 4.79 Å². The highest BCUT2D eigenvalue weighted by atomic mass is 32.2. The Morgan fingerprint density at radius 2 is 2.05 bits per heavy atom. The highest BCUT2D eigenvalue weighted by molar-refractivity contribution is 7.99. The van der Waals surface area contributed by atoms with Gasteiger partial charge in [0.2, 0.25) is 10.3 Å². The summed E-state index contributed by atoms with van der Waals surface area (Å²) in [6, 6.07) is 13.6. The lowest BCUT2D eigenvalue weighted by molar-refractivity contribution is 0.102. The molecule has 0 saturated carbocycles. The predicted octanol–water partition coefficient (Wildman–Crippen LogP) is 4.45. The highest BCUT2D eigenvalue weighted by Gasteiger charge is 2.10. The molecule has 0 fully saturated rings. The Labute approximate surface area is 137 Å². The van der Waals surface area contributed by atoms with E-state index in [4.69, 9.17) is 0 Å². The molecule has 0 aliphatic rings. The number of rotatable bonds is 5. The van der Waals surface area contributed by atoms with E-state index in [0.29, 0.717) is 10.7 Å². The van der Waals surface area contributed by atoms with Gasteiger partial charge in [-0.3, -0.25) is 10.1 Å². The third-order valence-corrected chi connectivity index (χ3v) is 4.87. The van der Waals surface area contributed by atoms with E-state index in [1.54, 1.807) is 11.8 Å². The van der Waals surface area contributed by atoms with Crippen LogP contribution in [-0.2, 0) is 0 Å². The number of carbonyl (C=O) groups is 1. The van der Waals surface area contributed by atoms with Gasteiger partial charge in [-0.1, -0.05) is 49.0 Å². The number of nitrogens with one attached hydrogen (secondary N) is 1. The van der Waals surface area contributed by atoms with Gasteiger partial charge < -0.3 is 0 Å². The first-order valence-corrected chi connectivity index (χ1v) is 8.79. The van der Waals surface area contributed by atoms with E-state index < -0.39 is 0 Å². The van der Waals surface area contributed by atoms with Crippen LogP contribution in [0, 0.1) is 0 Å². The maximum absolute atomic E-state index is 12.3. The zero-order valence-electron chi connectivity index (χ0n) is 12.1. The molecule has 0 bridgehead atoms. The summed E-state index contributed by atoms with van der Waals surface area (Å²) in [4.78, 5) is 16.6. The largest absolute Gasteiger partial charge is 0.297 e. The van der Waals surface area contributed by atoms with Gasteiger partial charge in [0.1, 0.15) is 0 Å². The van der Waals surface area contributed by atoms with Crippen molar-refractivity contribution in [3.8, 4) is 0 Å². The highest BCUT2D eigenvalue weighted by Crippen LogP contribution is 2.22. The monoisotopic (exact) mass is 329 g/mol. The second kappa shape index (κ2) is 6.89. The van der Waals surface area contributed by atoms with Gasteiger partial charge in [-0.25, -0.2) is 0 Å². The Bertz CT molecular complexity index is 801. The van der Waals surface area contributed by atoms with Crippen LogP contribution < -0.4 is 5.32 Å². The van der Waals surface area contributed by atoms with Gasteiger partial charge in [0.15, 0.2) is 0 Å². The van der Waals surface area contributed by atoms with Gasteiger partial charge in [-0.05, 0) is 29.3 Å². The molecule has 4 nitrogen and oxygen atoms in total. The van der Waals surface area contributed by atoms with E-state index in [0.717, 1.165) is 28.1 Å². The fourth-order valence-electron chi connectivity index (χ4n) is 2.01. The van der Waals surface area contributed by atoms with E-state index in [2.05, 4.69) is 21.6 Å². The van der Waals surface area contributed by atoms with Crippen molar-refractivity contribution in [2.24, 2.45) is 0 Å². The summed E-state index contributed by atoms with van der Waals surface area (Å²) in [7, 11) is 0. The fourth-order valence-corrected chi connectivity index (χ4v) is 3.41. The molecule has 112 valence electrons. The van der Waals surface area contributed by atoms with E-state index >= 15 is 0 Å². The minimum absolute atomic E-state index is 0.158. The van der Waals surface area contributed by atoms with Crippen LogP contribution >= 0.6 is 23.3 Å². The number of carbonyl (C=O) groups excluding carboxylic acids is 1. The molecule has 1 N–H and O–H groups in total. The number of fused-ring (bicyclic) bond motifs is 1. The maximum Gasteiger partial charge on any atom is 0.257 e. The molecule has 0 radical (unpaired) electrons. The summed E-state index contributed by atoms with van der Waals surface area (Å²) < 4.78 is 4.23. The molecule has 22 heavy (non-hydrogen) atoms. The summed E-state index contributed by atoms with van der Waals surface area (Å²) in [5, 5.41) is 6.24. The van der Waals surface area contributed by atoms with Crippen LogP contribution in [0.1, 0.15) is 23.7 Å². The molecule has 0 aliphatic carbocycles. The van der Waals surface area contributed by atoms with Crippen LogP contribution in [-0.4, -0.2) is 21.0 Å². The molecule has 1 heterocycles. The minimum atomic E-state index is -0.158. The molecule has 0 unspecified atom stereocenters. The Hall–Kier alpha value is -1.92. The number of hydrogen-bond donors (Lipinski definition) is 1. The zero-order valence-corrected chi connectivity index (χ0v) is 13.7. The van der Waals surface area contributed by atoms with Crippen molar-refractivity contribution in [2.75, 3.05) is 11.1 Å². The van der Waals surface area contributed by atoms with Crippen LogP contribution in [0.15, 0.2) is 47.6 Å². The zero-order chi connectivity index (χ0) is 15.4. The molecule has 6 heteroatoms. The van der Waals surface area contributed by atoms with Gasteiger partial charge in [0, 0.05) is 22.8 Å². The normalized spacial score (nSPS) is 10.8. The number of hydrogen-bond acceptors (Lipinski definition) is 5. The topological polar surface area (TPSA) is 54.9 Å². The molecule has 0 saturated heterocycles. The molecule has 1 aromatic heterocycles. The van der Waals surface area contributed by atoms with E-state index in [-0.39, 0.29) is 5.91 Å². The summed E-state index contributed by atoms with van der Waals surface area (Å²) >= 11 is 2.82. The van der Waals surface area contributed by atoms with E-state index in [9.17, 15) is 4.79 Å². The van der Waals surface area contributed by atoms with Crippen molar-refractivity contribution in [1.29, 1.82) is 0 Å². The smallest absolute Gasteiger partial charge is 0.257 e. The summed E-state index contributed by atoms with van der Waals surface area (Å²) in [6.07, 6.45) is 1.07. The van der Waals surface area contributed by atoms with Gasteiger partial charge >= 0.3 is 0 Å². The SMILES string of the molecule is CCCSc1nsc(NC(=O)c2ccc3ccccc3c2)n1. The number of amides is 1. The number of thioether (sulfide) groups is 1. The summed E-state index contributed by atoms with van der Waals surface area (Å²) in [5.74, 6) is 0.823. The Balaban J connectivity index is 1.73. The lowest BCUT2D eigenvalue weighted by Crippen LogP contribution is -2.11. The first-order chi connectivity index (χ1) is 10.8. The lowest BCUT2D eigenvalue weighted by Gasteiger charge is -2.03. The third kappa shape index (κ3) is 3.45. The minimum Gasteiger partial charge on any atom is -0.297 e. The molecule has 0 aliphatic heterocycles. The maximum atomic E-state index is 12.3. The van der Waals surface area contributed by atoms with Crippen molar-refractivity contribution in [3.05, 3.63) is 48.0 Å². The first-order valence-electron chi connectivity index (χ1n) is 7.03. The lowest BCUT2D eigenvalue weighted by atomic mass is 10.1. The van der Waals surface area contributed by atoms with Gasteiger partial charge in [-0.15, -0.1) is 0 Å². The molecule has 2 aromatic carbocycles. The average Bonchev–Trinajstić information content (AvgIpc) is 2.99. The summed E-state index contributed by atoms with van der Waals surface area (Å²) in [6.45, 7) is 2.11. The van der Waals surface area contributed by atoms with Crippen LogP contribution in [0.25, 0.3) is 10.8 Å². The Morgan fingerprint density at radius 1 is 1.23 bits per heavy atom. The van der Waals surface area contributed by atoms with Crippen molar-refractivity contribution in [3.63, 3.8) is 0 Å². The van der Waals surface area contributed by atoms with Gasteiger partial charge in [0.25, 0.3) is 5.91 Å². The molecule has 3 aromatic rings. The Morgan fingerprint density at radius 3 is 2.86 bits per heavy atom. The Kier molecular flexibility index (Phi) is 4.70. The number of anilines is 1.